The lowest BCUT2D eigenvalue weighted by atomic mass is 9.88. The van der Waals surface area contributed by atoms with Gasteiger partial charge in [0, 0.05) is 16.6 Å². The molecule has 2 aromatic heterocycles. The predicted octanol–water partition coefficient (Wildman–Crippen LogP) is 3.17. The van der Waals surface area contributed by atoms with Crippen LogP contribution in [0, 0.1) is 12.8 Å². The van der Waals surface area contributed by atoms with E-state index in [0.717, 1.165) is 41.5 Å². The lowest BCUT2D eigenvalue weighted by Gasteiger charge is -2.18. The van der Waals surface area contributed by atoms with Gasteiger partial charge < -0.3 is 15.0 Å². The molecule has 7 nitrogen and oxygen atoms in total. The number of carbonyl (C=O) groups is 2. The van der Waals surface area contributed by atoms with Gasteiger partial charge in [-0.25, -0.2) is 9.78 Å². The molecule has 1 atom stereocenters. The van der Waals surface area contributed by atoms with Crippen LogP contribution in [-0.4, -0.2) is 34.2 Å². The summed E-state index contributed by atoms with van der Waals surface area (Å²) < 4.78 is 5.22. The summed E-state index contributed by atoms with van der Waals surface area (Å²) >= 11 is 2.60. The number of ether oxygens (including phenoxy) is 1. The lowest BCUT2D eigenvalue weighted by molar-refractivity contribution is -0.113. The highest BCUT2D eigenvalue weighted by Gasteiger charge is 2.29. The molecular weight excluding hydrogens is 398 g/mol. The monoisotopic (exact) mass is 421 g/mol. The van der Waals surface area contributed by atoms with Crippen molar-refractivity contribution < 1.29 is 14.3 Å². The molecule has 1 amide bonds. The van der Waals surface area contributed by atoms with E-state index in [4.69, 9.17) is 4.74 Å². The number of aryl methyl sites for hydroxylation is 1. The Balaban J connectivity index is 1.76. The van der Waals surface area contributed by atoms with E-state index in [2.05, 4.69) is 22.2 Å². The van der Waals surface area contributed by atoms with E-state index in [1.807, 2.05) is 0 Å². The molecule has 150 valence electrons. The summed E-state index contributed by atoms with van der Waals surface area (Å²) in [6.07, 6.45) is 2.75. The van der Waals surface area contributed by atoms with Crippen molar-refractivity contribution in [3.8, 4) is 0 Å². The number of nitrogens with zero attached hydrogens (tertiary/aromatic N) is 1. The molecule has 2 heterocycles. The fourth-order valence-electron chi connectivity index (χ4n) is 3.17. The summed E-state index contributed by atoms with van der Waals surface area (Å²) in [5.41, 5.74) is 1.85. The summed E-state index contributed by atoms with van der Waals surface area (Å²) in [5.74, 6) is -0.00812. The van der Waals surface area contributed by atoms with Crippen molar-refractivity contribution in [2.75, 3.05) is 17.7 Å². The Morgan fingerprint density at radius 2 is 2.25 bits per heavy atom. The maximum atomic E-state index is 12.5. The lowest BCUT2D eigenvalue weighted by Crippen LogP contribution is -2.18. The molecule has 0 radical (unpaired) electrons. The van der Waals surface area contributed by atoms with Crippen molar-refractivity contribution in [2.24, 2.45) is 5.92 Å². The van der Waals surface area contributed by atoms with Crippen LogP contribution >= 0.6 is 23.1 Å². The molecule has 0 aliphatic heterocycles. The molecular formula is C19H23N3O4S2. The second kappa shape index (κ2) is 8.91. The summed E-state index contributed by atoms with van der Waals surface area (Å²) in [6, 6.07) is 1.40. The number of hydrogen-bond donors (Lipinski definition) is 2. The van der Waals surface area contributed by atoms with Gasteiger partial charge in [-0.1, -0.05) is 18.7 Å². The molecule has 1 unspecified atom stereocenters. The van der Waals surface area contributed by atoms with E-state index < -0.39 is 0 Å². The molecule has 1 aliphatic rings. The topological polar surface area (TPSA) is 101 Å². The number of amides is 1. The van der Waals surface area contributed by atoms with E-state index in [1.54, 1.807) is 13.8 Å². The van der Waals surface area contributed by atoms with Crippen molar-refractivity contribution in [2.45, 2.75) is 45.2 Å². The number of rotatable bonds is 6. The van der Waals surface area contributed by atoms with Gasteiger partial charge in [0.2, 0.25) is 5.91 Å². The van der Waals surface area contributed by atoms with Crippen molar-refractivity contribution >= 4 is 40.0 Å². The van der Waals surface area contributed by atoms with E-state index in [1.165, 1.54) is 17.4 Å². The molecule has 3 rings (SSSR count). The standard InChI is InChI=1S/C19H23N3O4S2/c1-4-26-18(25)16-12-6-5-10(2)7-13(12)28-17(16)21-15(24)9-27-19-20-11(3)8-14(23)22-19/h8,10H,4-7,9H2,1-3H3,(H,21,24)(H,20,22,23). The fourth-order valence-corrected chi connectivity index (χ4v) is 5.31. The first-order valence-corrected chi connectivity index (χ1v) is 11.0. The normalized spacial score (nSPS) is 15.8. The number of aromatic nitrogens is 2. The first-order valence-electron chi connectivity index (χ1n) is 9.19. The van der Waals surface area contributed by atoms with Gasteiger partial charge in [0.1, 0.15) is 5.00 Å². The van der Waals surface area contributed by atoms with Gasteiger partial charge in [-0.05, 0) is 44.6 Å². The molecule has 0 aromatic carbocycles. The summed E-state index contributed by atoms with van der Waals surface area (Å²) in [6.45, 7) is 5.97. The number of anilines is 1. The van der Waals surface area contributed by atoms with Crippen LogP contribution in [0.3, 0.4) is 0 Å². The number of H-pyrrole nitrogens is 1. The maximum Gasteiger partial charge on any atom is 0.341 e. The molecule has 0 saturated heterocycles. The average Bonchev–Trinajstić information content (AvgIpc) is 2.96. The zero-order valence-corrected chi connectivity index (χ0v) is 17.7. The molecule has 1 aliphatic carbocycles. The molecule has 0 saturated carbocycles. The average molecular weight is 422 g/mol. The van der Waals surface area contributed by atoms with Gasteiger partial charge in [0.25, 0.3) is 5.56 Å². The highest BCUT2D eigenvalue weighted by Crippen LogP contribution is 2.40. The van der Waals surface area contributed by atoms with Crippen LogP contribution < -0.4 is 10.9 Å². The second-order valence-corrected chi connectivity index (χ2v) is 8.87. The van der Waals surface area contributed by atoms with Gasteiger partial charge in [0.05, 0.1) is 17.9 Å². The van der Waals surface area contributed by atoms with Crippen molar-refractivity contribution in [1.82, 2.24) is 9.97 Å². The molecule has 0 fully saturated rings. The highest BCUT2D eigenvalue weighted by atomic mass is 32.2. The number of nitrogens with one attached hydrogen (secondary N) is 2. The molecule has 2 N–H and O–H groups in total. The minimum atomic E-state index is -0.387. The fraction of sp³-hybridized carbons (Fsp3) is 0.474. The summed E-state index contributed by atoms with van der Waals surface area (Å²) in [4.78, 5) is 44.4. The zero-order chi connectivity index (χ0) is 20.3. The van der Waals surface area contributed by atoms with Crippen LogP contribution in [0.25, 0.3) is 0 Å². The number of hydrogen-bond acceptors (Lipinski definition) is 7. The van der Waals surface area contributed by atoms with E-state index in [0.29, 0.717) is 27.3 Å². The van der Waals surface area contributed by atoms with Crippen LogP contribution in [-0.2, 0) is 22.4 Å². The maximum absolute atomic E-state index is 12.5. The van der Waals surface area contributed by atoms with Gasteiger partial charge in [-0.2, -0.15) is 0 Å². The van der Waals surface area contributed by atoms with Crippen LogP contribution in [0.2, 0.25) is 0 Å². The first-order chi connectivity index (χ1) is 13.4. The van der Waals surface area contributed by atoms with Gasteiger partial charge in [0.15, 0.2) is 5.16 Å². The van der Waals surface area contributed by atoms with Crippen molar-refractivity contribution in [3.63, 3.8) is 0 Å². The Kier molecular flexibility index (Phi) is 6.56. The second-order valence-electron chi connectivity index (χ2n) is 6.81. The van der Waals surface area contributed by atoms with E-state index in [9.17, 15) is 14.4 Å². The minimum Gasteiger partial charge on any atom is -0.462 e. The SMILES string of the molecule is CCOC(=O)c1c(NC(=O)CSc2nc(C)cc(=O)[nH]2)sc2c1CCC(C)C2. The number of aromatic amines is 1. The number of fused-ring (bicyclic) bond motifs is 1. The van der Waals surface area contributed by atoms with Gasteiger partial charge in [-0.3, -0.25) is 9.59 Å². The van der Waals surface area contributed by atoms with Crippen LogP contribution in [0.15, 0.2) is 16.0 Å². The third-order valence-electron chi connectivity index (χ3n) is 4.43. The van der Waals surface area contributed by atoms with Gasteiger partial charge in [-0.15, -0.1) is 11.3 Å². The molecule has 28 heavy (non-hydrogen) atoms. The van der Waals surface area contributed by atoms with Crippen molar-refractivity contribution in [3.05, 3.63) is 38.1 Å². The number of esters is 1. The molecule has 9 heteroatoms. The van der Waals surface area contributed by atoms with Crippen LogP contribution in [0.5, 0.6) is 0 Å². The summed E-state index contributed by atoms with van der Waals surface area (Å²) in [5, 5.41) is 3.80. The predicted molar refractivity (Wildman–Crippen MR) is 110 cm³/mol. The number of thiophene rings is 1. The zero-order valence-electron chi connectivity index (χ0n) is 16.1. The highest BCUT2D eigenvalue weighted by molar-refractivity contribution is 7.99. The third kappa shape index (κ3) is 4.82. The molecule has 0 bridgehead atoms. The molecule has 0 spiro atoms. The Morgan fingerprint density at radius 3 is 2.96 bits per heavy atom. The van der Waals surface area contributed by atoms with E-state index in [-0.39, 0.29) is 29.8 Å². The number of carbonyl (C=O) groups excluding carboxylic acids is 2. The smallest absolute Gasteiger partial charge is 0.341 e. The third-order valence-corrected chi connectivity index (χ3v) is 6.48. The van der Waals surface area contributed by atoms with Crippen LogP contribution in [0.4, 0.5) is 5.00 Å². The molecule has 2 aromatic rings. The largest absolute Gasteiger partial charge is 0.462 e. The summed E-state index contributed by atoms with van der Waals surface area (Å²) in [7, 11) is 0. The Hall–Kier alpha value is -2.13. The Morgan fingerprint density at radius 1 is 1.46 bits per heavy atom. The Bertz CT molecular complexity index is 951. The first kappa shape index (κ1) is 20.6. The van der Waals surface area contributed by atoms with E-state index >= 15 is 0 Å². The Labute approximate surface area is 171 Å². The van der Waals surface area contributed by atoms with Crippen molar-refractivity contribution in [1.29, 1.82) is 0 Å². The minimum absolute atomic E-state index is 0.0770. The van der Waals surface area contributed by atoms with Crippen LogP contribution in [0.1, 0.15) is 46.8 Å². The van der Waals surface area contributed by atoms with Gasteiger partial charge >= 0.3 is 5.97 Å². The quantitative estimate of drug-likeness (QED) is 0.422. The number of thioether (sulfide) groups is 1.